The van der Waals surface area contributed by atoms with Crippen LogP contribution in [0.5, 0.6) is 5.75 Å². The van der Waals surface area contributed by atoms with Crippen molar-refractivity contribution in [3.63, 3.8) is 0 Å². The second kappa shape index (κ2) is 7.85. The number of hydrogen-bond acceptors (Lipinski definition) is 3. The molecule has 130 valence electrons. The summed E-state index contributed by atoms with van der Waals surface area (Å²) in [4.78, 5) is 16.6. The SMILES string of the molecule is Cc1cc(N=Cc2cc(Cl)ccc2O)ccc1NC(=O)c1ccccc1. The quantitative estimate of drug-likeness (QED) is 0.612. The molecule has 0 spiro atoms. The summed E-state index contributed by atoms with van der Waals surface area (Å²) in [5.41, 5.74) is 3.46. The van der Waals surface area contributed by atoms with E-state index < -0.39 is 0 Å². The van der Waals surface area contributed by atoms with Gasteiger partial charge in [-0.05, 0) is 61.0 Å². The van der Waals surface area contributed by atoms with Crippen LogP contribution in [0.4, 0.5) is 11.4 Å². The number of carbonyl (C=O) groups excluding carboxylic acids is 1. The fourth-order valence-corrected chi connectivity index (χ4v) is 2.61. The Kier molecular flexibility index (Phi) is 5.34. The number of hydrogen-bond donors (Lipinski definition) is 2. The molecule has 0 aliphatic rings. The summed E-state index contributed by atoms with van der Waals surface area (Å²) in [7, 11) is 0. The standard InChI is InChI=1S/C21H17ClN2O2/c1-14-11-18(23-13-16-12-17(22)7-10-20(16)25)8-9-19(14)24-21(26)15-5-3-2-4-6-15/h2-13,25H,1H3,(H,24,26). The zero-order valence-corrected chi connectivity index (χ0v) is 14.9. The largest absolute Gasteiger partial charge is 0.507 e. The van der Waals surface area contributed by atoms with Crippen molar-refractivity contribution in [2.45, 2.75) is 6.92 Å². The Morgan fingerprint density at radius 3 is 2.58 bits per heavy atom. The number of rotatable bonds is 4. The predicted molar refractivity (Wildman–Crippen MR) is 106 cm³/mol. The number of aliphatic imine (C=N–C) groups is 1. The third-order valence-electron chi connectivity index (χ3n) is 3.84. The lowest BCUT2D eigenvalue weighted by atomic mass is 10.1. The summed E-state index contributed by atoms with van der Waals surface area (Å²) in [5, 5.41) is 13.2. The van der Waals surface area contributed by atoms with E-state index in [0.717, 1.165) is 11.3 Å². The zero-order chi connectivity index (χ0) is 18.5. The van der Waals surface area contributed by atoms with Crippen LogP contribution in [0.25, 0.3) is 0 Å². The van der Waals surface area contributed by atoms with Crippen LogP contribution in [0.2, 0.25) is 5.02 Å². The molecule has 0 heterocycles. The van der Waals surface area contributed by atoms with Crippen LogP contribution < -0.4 is 5.32 Å². The first-order valence-electron chi connectivity index (χ1n) is 8.02. The minimum Gasteiger partial charge on any atom is -0.507 e. The molecule has 4 nitrogen and oxygen atoms in total. The summed E-state index contributed by atoms with van der Waals surface area (Å²) in [5.74, 6) is -0.0459. The Hall–Kier alpha value is -3.11. The molecule has 0 aliphatic heterocycles. The number of aryl methyl sites for hydroxylation is 1. The van der Waals surface area contributed by atoms with Crippen LogP contribution in [0.3, 0.4) is 0 Å². The van der Waals surface area contributed by atoms with Crippen molar-refractivity contribution in [3.8, 4) is 5.75 Å². The van der Waals surface area contributed by atoms with Gasteiger partial charge in [-0.25, -0.2) is 0 Å². The molecule has 0 aromatic heterocycles. The van der Waals surface area contributed by atoms with E-state index in [1.54, 1.807) is 42.6 Å². The van der Waals surface area contributed by atoms with E-state index in [0.29, 0.717) is 21.8 Å². The van der Waals surface area contributed by atoms with Gasteiger partial charge in [0.15, 0.2) is 0 Å². The average molecular weight is 365 g/mol. The van der Waals surface area contributed by atoms with Crippen molar-refractivity contribution in [3.05, 3.63) is 88.4 Å². The molecule has 0 bridgehead atoms. The first kappa shape index (κ1) is 17.7. The van der Waals surface area contributed by atoms with Gasteiger partial charge < -0.3 is 10.4 Å². The summed E-state index contributed by atoms with van der Waals surface area (Å²) in [6.45, 7) is 1.90. The maximum atomic E-state index is 12.3. The van der Waals surface area contributed by atoms with Crippen molar-refractivity contribution in [2.24, 2.45) is 4.99 Å². The summed E-state index contributed by atoms with van der Waals surface area (Å²) in [6, 6.07) is 19.3. The van der Waals surface area contributed by atoms with Crippen LogP contribution in [0.1, 0.15) is 21.5 Å². The third kappa shape index (κ3) is 4.29. The van der Waals surface area contributed by atoms with Crippen LogP contribution in [-0.2, 0) is 0 Å². The second-order valence-corrected chi connectivity index (χ2v) is 6.22. The Balaban J connectivity index is 1.76. The zero-order valence-electron chi connectivity index (χ0n) is 14.1. The third-order valence-corrected chi connectivity index (χ3v) is 4.07. The second-order valence-electron chi connectivity index (χ2n) is 5.78. The lowest BCUT2D eigenvalue weighted by molar-refractivity contribution is 0.102. The molecule has 3 aromatic carbocycles. The van der Waals surface area contributed by atoms with Crippen LogP contribution in [0, 0.1) is 6.92 Å². The van der Waals surface area contributed by atoms with Gasteiger partial charge in [-0.3, -0.25) is 9.79 Å². The molecule has 26 heavy (non-hydrogen) atoms. The molecular weight excluding hydrogens is 348 g/mol. The van der Waals surface area contributed by atoms with Crippen LogP contribution in [0.15, 0.2) is 71.7 Å². The van der Waals surface area contributed by atoms with Gasteiger partial charge in [0.25, 0.3) is 5.91 Å². The highest BCUT2D eigenvalue weighted by Crippen LogP contribution is 2.24. The summed E-state index contributed by atoms with van der Waals surface area (Å²) < 4.78 is 0. The van der Waals surface area contributed by atoms with Crippen molar-refractivity contribution >= 4 is 35.1 Å². The lowest BCUT2D eigenvalue weighted by Gasteiger charge is -2.09. The van der Waals surface area contributed by atoms with Crippen molar-refractivity contribution in [2.75, 3.05) is 5.32 Å². The van der Waals surface area contributed by atoms with Crippen molar-refractivity contribution in [1.29, 1.82) is 0 Å². The molecule has 0 saturated heterocycles. The predicted octanol–water partition coefficient (Wildman–Crippen LogP) is 5.36. The topological polar surface area (TPSA) is 61.7 Å². The normalized spacial score (nSPS) is 10.8. The highest BCUT2D eigenvalue weighted by molar-refractivity contribution is 6.30. The van der Waals surface area contributed by atoms with Gasteiger partial charge in [-0.15, -0.1) is 0 Å². The summed E-state index contributed by atoms with van der Waals surface area (Å²) in [6.07, 6.45) is 1.55. The van der Waals surface area contributed by atoms with Crippen molar-refractivity contribution in [1.82, 2.24) is 0 Å². The number of phenolic OH excluding ortho intramolecular Hbond substituents is 1. The van der Waals surface area contributed by atoms with E-state index in [1.807, 2.05) is 31.2 Å². The Labute approximate surface area is 156 Å². The maximum absolute atomic E-state index is 12.3. The first-order chi connectivity index (χ1) is 12.5. The van der Waals surface area contributed by atoms with Gasteiger partial charge >= 0.3 is 0 Å². The number of amides is 1. The smallest absolute Gasteiger partial charge is 0.255 e. The molecule has 5 heteroatoms. The Morgan fingerprint density at radius 2 is 1.85 bits per heavy atom. The van der Waals surface area contributed by atoms with Gasteiger partial charge in [0.2, 0.25) is 0 Å². The number of halogens is 1. The molecule has 0 fully saturated rings. The average Bonchev–Trinajstić information content (AvgIpc) is 2.65. The molecule has 1 amide bonds. The Bertz CT molecular complexity index is 969. The summed E-state index contributed by atoms with van der Waals surface area (Å²) >= 11 is 5.93. The Morgan fingerprint density at radius 1 is 1.08 bits per heavy atom. The maximum Gasteiger partial charge on any atom is 0.255 e. The number of benzene rings is 3. The van der Waals surface area contributed by atoms with E-state index in [9.17, 15) is 9.90 Å². The van der Waals surface area contributed by atoms with E-state index >= 15 is 0 Å². The highest BCUT2D eigenvalue weighted by atomic mass is 35.5. The minimum atomic E-state index is -0.159. The molecule has 3 aromatic rings. The van der Waals surface area contributed by atoms with E-state index in [1.165, 1.54) is 6.07 Å². The van der Waals surface area contributed by atoms with E-state index in [4.69, 9.17) is 11.6 Å². The van der Waals surface area contributed by atoms with Gasteiger partial charge in [-0.1, -0.05) is 29.8 Å². The minimum absolute atomic E-state index is 0.113. The van der Waals surface area contributed by atoms with Crippen LogP contribution >= 0.6 is 11.6 Å². The van der Waals surface area contributed by atoms with Gasteiger partial charge in [-0.2, -0.15) is 0 Å². The number of nitrogens with one attached hydrogen (secondary N) is 1. The first-order valence-corrected chi connectivity index (χ1v) is 8.40. The number of phenols is 1. The van der Waals surface area contributed by atoms with Crippen LogP contribution in [-0.4, -0.2) is 17.2 Å². The number of carbonyl (C=O) groups is 1. The number of anilines is 1. The van der Waals surface area contributed by atoms with E-state index in [2.05, 4.69) is 10.3 Å². The lowest BCUT2D eigenvalue weighted by Crippen LogP contribution is -2.12. The van der Waals surface area contributed by atoms with Crippen molar-refractivity contribution < 1.29 is 9.90 Å². The fraction of sp³-hybridized carbons (Fsp3) is 0.0476. The molecule has 0 atom stereocenters. The molecule has 2 N–H and O–H groups in total. The molecular formula is C21H17ClN2O2. The fourth-order valence-electron chi connectivity index (χ4n) is 2.43. The molecule has 0 saturated carbocycles. The molecule has 0 radical (unpaired) electrons. The monoisotopic (exact) mass is 364 g/mol. The number of nitrogens with zero attached hydrogens (tertiary/aromatic N) is 1. The van der Waals surface area contributed by atoms with Gasteiger partial charge in [0.1, 0.15) is 5.75 Å². The van der Waals surface area contributed by atoms with E-state index in [-0.39, 0.29) is 11.7 Å². The number of aromatic hydroxyl groups is 1. The molecule has 3 rings (SSSR count). The van der Waals surface area contributed by atoms with Gasteiger partial charge in [0.05, 0.1) is 5.69 Å². The molecule has 0 unspecified atom stereocenters. The highest BCUT2D eigenvalue weighted by Gasteiger charge is 2.07. The van der Waals surface area contributed by atoms with Gasteiger partial charge in [0, 0.05) is 28.1 Å². The molecule has 0 aliphatic carbocycles.